The van der Waals surface area contributed by atoms with E-state index in [1.807, 2.05) is 55.7 Å². The quantitative estimate of drug-likeness (QED) is 0.724. The highest BCUT2D eigenvalue weighted by atomic mass is 32.1. The van der Waals surface area contributed by atoms with Gasteiger partial charge in [-0.3, -0.25) is 4.79 Å². The van der Waals surface area contributed by atoms with Crippen molar-refractivity contribution < 1.29 is 9.21 Å². The molecule has 1 atom stereocenters. The van der Waals surface area contributed by atoms with Crippen molar-refractivity contribution in [3.8, 4) is 11.3 Å². The van der Waals surface area contributed by atoms with E-state index in [2.05, 4.69) is 4.98 Å². The molecule has 0 fully saturated rings. The van der Waals surface area contributed by atoms with Crippen LogP contribution >= 0.6 is 11.3 Å². The third-order valence-corrected chi connectivity index (χ3v) is 4.75. The summed E-state index contributed by atoms with van der Waals surface area (Å²) in [5, 5.41) is 2.02. The van der Waals surface area contributed by atoms with Crippen LogP contribution in [0.15, 0.2) is 58.8 Å². The van der Waals surface area contributed by atoms with Crippen LogP contribution in [0.3, 0.4) is 0 Å². The normalized spacial score (nSPS) is 12.1. The summed E-state index contributed by atoms with van der Waals surface area (Å²) in [6.07, 6.45) is 3.05. The summed E-state index contributed by atoms with van der Waals surface area (Å²) in [6.45, 7) is 2.03. The molecule has 1 aromatic carbocycles. The molecule has 2 aromatic heterocycles. The van der Waals surface area contributed by atoms with Gasteiger partial charge in [-0.05, 0) is 30.5 Å². The number of amides is 1. The van der Waals surface area contributed by atoms with Crippen LogP contribution in [0, 0.1) is 0 Å². The van der Waals surface area contributed by atoms with E-state index in [4.69, 9.17) is 4.42 Å². The third kappa shape index (κ3) is 2.80. The van der Waals surface area contributed by atoms with Crippen LogP contribution in [0.1, 0.15) is 28.2 Å². The fraction of sp³-hybridized carbons (Fsp3) is 0.176. The summed E-state index contributed by atoms with van der Waals surface area (Å²) in [5.41, 5.74) is 1.57. The van der Waals surface area contributed by atoms with E-state index in [1.165, 1.54) is 11.3 Å². The predicted molar refractivity (Wildman–Crippen MR) is 86.8 cm³/mol. The van der Waals surface area contributed by atoms with Gasteiger partial charge in [-0.1, -0.05) is 18.2 Å². The Kier molecular flexibility index (Phi) is 4.06. The molecule has 0 saturated carbocycles. The fourth-order valence-electron chi connectivity index (χ4n) is 2.23. The molecule has 0 spiro atoms. The lowest BCUT2D eigenvalue weighted by atomic mass is 10.1. The summed E-state index contributed by atoms with van der Waals surface area (Å²) in [6, 6.07) is 11.5. The average molecular weight is 312 g/mol. The molecule has 0 saturated heterocycles. The van der Waals surface area contributed by atoms with Crippen molar-refractivity contribution in [2.45, 2.75) is 13.0 Å². The summed E-state index contributed by atoms with van der Waals surface area (Å²) < 4.78 is 5.25. The highest BCUT2D eigenvalue weighted by Crippen LogP contribution is 2.25. The average Bonchev–Trinajstić information content (AvgIpc) is 3.26. The minimum absolute atomic E-state index is 0.00465. The number of aromatic nitrogens is 1. The Balaban J connectivity index is 1.77. The molecule has 0 aliphatic heterocycles. The van der Waals surface area contributed by atoms with Gasteiger partial charge in [0.15, 0.2) is 12.2 Å². The Morgan fingerprint density at radius 1 is 1.27 bits per heavy atom. The second kappa shape index (κ2) is 6.15. The lowest BCUT2D eigenvalue weighted by Crippen LogP contribution is -2.29. The lowest BCUT2D eigenvalue weighted by Gasteiger charge is -2.24. The standard InChI is InChI=1S/C17H16N2O2S/c1-12(16-4-3-9-22-16)19(2)17(20)14-7-5-13(6-8-14)15-10-18-11-21-15/h3-12H,1-2H3. The van der Waals surface area contributed by atoms with Crippen LogP contribution < -0.4 is 0 Å². The number of benzene rings is 1. The van der Waals surface area contributed by atoms with E-state index in [0.29, 0.717) is 11.3 Å². The molecule has 22 heavy (non-hydrogen) atoms. The minimum Gasteiger partial charge on any atom is -0.444 e. The Morgan fingerprint density at radius 2 is 2.05 bits per heavy atom. The molecular weight excluding hydrogens is 296 g/mol. The number of rotatable bonds is 4. The molecule has 0 bridgehead atoms. The number of carbonyl (C=O) groups excluding carboxylic acids is 1. The van der Waals surface area contributed by atoms with Crippen LogP contribution in [0.2, 0.25) is 0 Å². The minimum atomic E-state index is 0.00465. The Hall–Kier alpha value is -2.40. The molecule has 3 rings (SSSR count). The van der Waals surface area contributed by atoms with E-state index in [1.54, 1.807) is 22.4 Å². The van der Waals surface area contributed by atoms with Crippen molar-refractivity contribution in [2.75, 3.05) is 7.05 Å². The first-order valence-corrected chi connectivity index (χ1v) is 7.84. The maximum atomic E-state index is 12.6. The predicted octanol–water partition coefficient (Wildman–Crippen LogP) is 4.24. The first-order valence-electron chi connectivity index (χ1n) is 6.96. The zero-order chi connectivity index (χ0) is 15.5. The van der Waals surface area contributed by atoms with Crippen LogP contribution in [0.25, 0.3) is 11.3 Å². The topological polar surface area (TPSA) is 46.3 Å². The van der Waals surface area contributed by atoms with Gasteiger partial charge in [0, 0.05) is 23.1 Å². The van der Waals surface area contributed by atoms with Crippen molar-refractivity contribution in [1.82, 2.24) is 9.88 Å². The number of hydrogen-bond acceptors (Lipinski definition) is 4. The second-order valence-corrected chi connectivity index (χ2v) is 6.03. The van der Waals surface area contributed by atoms with Crippen LogP contribution in [0.4, 0.5) is 0 Å². The van der Waals surface area contributed by atoms with Crippen LogP contribution in [0.5, 0.6) is 0 Å². The van der Waals surface area contributed by atoms with Gasteiger partial charge in [0.1, 0.15) is 0 Å². The first-order chi connectivity index (χ1) is 10.7. The summed E-state index contributed by atoms with van der Waals surface area (Å²) >= 11 is 1.66. The van der Waals surface area contributed by atoms with Crippen molar-refractivity contribution in [1.29, 1.82) is 0 Å². The van der Waals surface area contributed by atoms with Crippen molar-refractivity contribution >= 4 is 17.2 Å². The fourth-order valence-corrected chi connectivity index (χ4v) is 3.06. The van der Waals surface area contributed by atoms with Crippen molar-refractivity contribution in [3.05, 3.63) is 64.8 Å². The van der Waals surface area contributed by atoms with Gasteiger partial charge in [0.25, 0.3) is 5.91 Å². The molecule has 0 N–H and O–H groups in total. The highest BCUT2D eigenvalue weighted by molar-refractivity contribution is 7.10. The van der Waals surface area contributed by atoms with Gasteiger partial charge in [0.05, 0.1) is 12.2 Å². The van der Waals surface area contributed by atoms with E-state index in [9.17, 15) is 4.79 Å². The second-order valence-electron chi connectivity index (χ2n) is 5.05. The summed E-state index contributed by atoms with van der Waals surface area (Å²) in [5.74, 6) is 0.698. The SMILES string of the molecule is CC(c1cccs1)N(C)C(=O)c1ccc(-c2cnco2)cc1. The molecule has 1 amide bonds. The third-order valence-electron chi connectivity index (χ3n) is 3.70. The highest BCUT2D eigenvalue weighted by Gasteiger charge is 2.19. The molecule has 3 aromatic rings. The zero-order valence-electron chi connectivity index (χ0n) is 12.4. The van der Waals surface area contributed by atoms with Gasteiger partial charge in [0.2, 0.25) is 0 Å². The number of carbonyl (C=O) groups is 1. The van der Waals surface area contributed by atoms with Gasteiger partial charge in [-0.2, -0.15) is 0 Å². The van der Waals surface area contributed by atoms with Crippen molar-refractivity contribution in [3.63, 3.8) is 0 Å². The van der Waals surface area contributed by atoms with Gasteiger partial charge in [-0.15, -0.1) is 11.3 Å². The molecule has 4 nitrogen and oxygen atoms in total. The number of oxazole rings is 1. The number of thiophene rings is 1. The van der Waals surface area contributed by atoms with E-state index in [-0.39, 0.29) is 11.9 Å². The monoisotopic (exact) mass is 312 g/mol. The molecule has 112 valence electrons. The molecule has 5 heteroatoms. The molecule has 0 aliphatic carbocycles. The smallest absolute Gasteiger partial charge is 0.254 e. The maximum absolute atomic E-state index is 12.6. The number of hydrogen-bond donors (Lipinski definition) is 0. The number of nitrogens with zero attached hydrogens (tertiary/aromatic N) is 2. The largest absolute Gasteiger partial charge is 0.444 e. The molecule has 0 radical (unpaired) electrons. The first kappa shape index (κ1) is 14.5. The van der Waals surface area contributed by atoms with Gasteiger partial charge >= 0.3 is 0 Å². The lowest BCUT2D eigenvalue weighted by molar-refractivity contribution is 0.0745. The van der Waals surface area contributed by atoms with Gasteiger partial charge < -0.3 is 9.32 Å². The Morgan fingerprint density at radius 3 is 2.64 bits per heavy atom. The van der Waals surface area contributed by atoms with Crippen LogP contribution in [-0.4, -0.2) is 22.8 Å². The zero-order valence-corrected chi connectivity index (χ0v) is 13.2. The molecular formula is C17H16N2O2S. The Bertz CT molecular complexity index is 734. The Labute approximate surface area is 133 Å². The summed E-state index contributed by atoms with van der Waals surface area (Å²) in [4.78, 5) is 19.4. The molecule has 2 heterocycles. The van der Waals surface area contributed by atoms with E-state index >= 15 is 0 Å². The van der Waals surface area contributed by atoms with E-state index in [0.717, 1.165) is 5.56 Å². The summed E-state index contributed by atoms with van der Waals surface area (Å²) in [7, 11) is 1.83. The van der Waals surface area contributed by atoms with E-state index < -0.39 is 0 Å². The maximum Gasteiger partial charge on any atom is 0.254 e. The van der Waals surface area contributed by atoms with Crippen LogP contribution in [-0.2, 0) is 0 Å². The van der Waals surface area contributed by atoms with Gasteiger partial charge in [-0.25, -0.2) is 4.98 Å². The molecule has 0 aliphatic rings. The van der Waals surface area contributed by atoms with Crippen molar-refractivity contribution in [2.24, 2.45) is 0 Å². The molecule has 1 unspecified atom stereocenters.